The number of nitrogens with one attached hydrogen (secondary N) is 2. The molecule has 0 fully saturated rings. The molecule has 7 heteroatoms. The Balaban J connectivity index is 1.63. The molecule has 0 atom stereocenters. The molecule has 0 spiro atoms. The largest absolute Gasteiger partial charge is 0.496 e. The third-order valence-corrected chi connectivity index (χ3v) is 5.48. The van der Waals surface area contributed by atoms with Crippen LogP contribution in [-0.4, -0.2) is 28.7 Å². The Hall–Kier alpha value is -4.65. The van der Waals surface area contributed by atoms with Crippen LogP contribution in [0.25, 0.3) is 16.9 Å². The number of para-hydroxylation sites is 1. The van der Waals surface area contributed by atoms with Crippen LogP contribution in [0.5, 0.6) is 5.75 Å². The standard InChI is InChI=1S/C28H26N4O3/c1-4-27(33)29-18-20-11-13-21(14-12-20)28(34)30-26-17-24(23-7-5-6-8-25(23)35-3)31-32(26)22-15-9-19(2)10-16-22/h4-17H,1,18H2,2-3H3,(H,29,33)(H,30,34). The second-order valence-corrected chi connectivity index (χ2v) is 7.94. The summed E-state index contributed by atoms with van der Waals surface area (Å²) in [6, 6.07) is 24.4. The highest BCUT2D eigenvalue weighted by atomic mass is 16.5. The first-order valence-corrected chi connectivity index (χ1v) is 11.1. The van der Waals surface area contributed by atoms with Crippen molar-refractivity contribution in [2.24, 2.45) is 0 Å². The summed E-state index contributed by atoms with van der Waals surface area (Å²) >= 11 is 0. The number of carbonyl (C=O) groups is 2. The van der Waals surface area contributed by atoms with Gasteiger partial charge in [-0.3, -0.25) is 9.59 Å². The van der Waals surface area contributed by atoms with Crippen LogP contribution >= 0.6 is 0 Å². The minimum Gasteiger partial charge on any atom is -0.496 e. The van der Waals surface area contributed by atoms with E-state index in [0.29, 0.717) is 29.4 Å². The molecule has 0 aliphatic heterocycles. The van der Waals surface area contributed by atoms with E-state index < -0.39 is 0 Å². The highest BCUT2D eigenvalue weighted by Crippen LogP contribution is 2.31. The van der Waals surface area contributed by atoms with E-state index in [1.807, 2.05) is 61.5 Å². The molecule has 0 aliphatic carbocycles. The molecule has 7 nitrogen and oxygen atoms in total. The minimum atomic E-state index is -0.272. The summed E-state index contributed by atoms with van der Waals surface area (Å²) in [5.74, 6) is 0.703. The maximum absolute atomic E-state index is 13.1. The Labute approximate surface area is 204 Å². The van der Waals surface area contributed by atoms with E-state index in [-0.39, 0.29) is 11.8 Å². The van der Waals surface area contributed by atoms with Crippen LogP contribution in [0.15, 0.2) is 91.5 Å². The number of anilines is 1. The lowest BCUT2D eigenvalue weighted by atomic mass is 10.1. The van der Waals surface area contributed by atoms with Crippen molar-refractivity contribution in [2.45, 2.75) is 13.5 Å². The minimum absolute atomic E-state index is 0.248. The maximum Gasteiger partial charge on any atom is 0.256 e. The van der Waals surface area contributed by atoms with Gasteiger partial charge in [0.15, 0.2) is 0 Å². The zero-order valence-corrected chi connectivity index (χ0v) is 19.6. The zero-order chi connectivity index (χ0) is 24.8. The van der Waals surface area contributed by atoms with Crippen molar-refractivity contribution < 1.29 is 14.3 Å². The van der Waals surface area contributed by atoms with E-state index in [9.17, 15) is 9.59 Å². The van der Waals surface area contributed by atoms with Crippen molar-refractivity contribution in [3.63, 3.8) is 0 Å². The summed E-state index contributed by atoms with van der Waals surface area (Å²) in [6.45, 7) is 5.81. The van der Waals surface area contributed by atoms with Crippen molar-refractivity contribution in [1.82, 2.24) is 15.1 Å². The number of ether oxygens (including phenoxy) is 1. The summed E-state index contributed by atoms with van der Waals surface area (Å²) < 4.78 is 7.21. The fourth-order valence-electron chi connectivity index (χ4n) is 3.56. The summed E-state index contributed by atoms with van der Waals surface area (Å²) in [5, 5.41) is 10.5. The lowest BCUT2D eigenvalue weighted by molar-refractivity contribution is -0.116. The molecule has 3 aromatic carbocycles. The van der Waals surface area contributed by atoms with Gasteiger partial charge in [-0.15, -0.1) is 0 Å². The molecule has 0 saturated heterocycles. The van der Waals surface area contributed by atoms with Gasteiger partial charge in [-0.1, -0.05) is 48.5 Å². The smallest absolute Gasteiger partial charge is 0.256 e. The van der Waals surface area contributed by atoms with Crippen molar-refractivity contribution in [1.29, 1.82) is 0 Å². The first kappa shape index (κ1) is 23.5. The molecule has 0 unspecified atom stereocenters. The van der Waals surface area contributed by atoms with Gasteiger partial charge in [-0.05, 0) is 55.0 Å². The normalized spacial score (nSPS) is 10.5. The quantitative estimate of drug-likeness (QED) is 0.361. The number of hydrogen-bond acceptors (Lipinski definition) is 4. The number of benzene rings is 3. The van der Waals surface area contributed by atoms with Crippen LogP contribution in [-0.2, 0) is 11.3 Å². The monoisotopic (exact) mass is 466 g/mol. The van der Waals surface area contributed by atoms with Crippen molar-refractivity contribution in [3.05, 3.63) is 108 Å². The fourth-order valence-corrected chi connectivity index (χ4v) is 3.56. The molecule has 0 bridgehead atoms. The Morgan fingerprint density at radius 3 is 2.43 bits per heavy atom. The SMILES string of the molecule is C=CC(=O)NCc1ccc(C(=O)Nc2cc(-c3ccccc3OC)nn2-c2ccc(C)cc2)cc1. The Morgan fingerprint density at radius 1 is 1.03 bits per heavy atom. The fraction of sp³-hybridized carbons (Fsp3) is 0.107. The van der Waals surface area contributed by atoms with Gasteiger partial charge in [0.05, 0.1) is 18.5 Å². The van der Waals surface area contributed by atoms with Gasteiger partial charge in [0.25, 0.3) is 5.91 Å². The van der Waals surface area contributed by atoms with Gasteiger partial charge in [0, 0.05) is 23.7 Å². The zero-order valence-electron chi connectivity index (χ0n) is 19.6. The van der Waals surface area contributed by atoms with Crippen LogP contribution in [0, 0.1) is 6.92 Å². The van der Waals surface area contributed by atoms with E-state index >= 15 is 0 Å². The van der Waals surface area contributed by atoms with E-state index in [1.165, 1.54) is 6.08 Å². The summed E-state index contributed by atoms with van der Waals surface area (Å²) in [5.41, 5.74) is 4.80. The van der Waals surface area contributed by atoms with Gasteiger partial charge in [-0.2, -0.15) is 5.10 Å². The topological polar surface area (TPSA) is 85.2 Å². The molecule has 4 aromatic rings. The third kappa shape index (κ3) is 5.47. The van der Waals surface area contributed by atoms with E-state index in [0.717, 1.165) is 22.4 Å². The number of carbonyl (C=O) groups excluding carboxylic acids is 2. The maximum atomic E-state index is 13.1. The van der Waals surface area contributed by atoms with E-state index in [2.05, 4.69) is 17.2 Å². The number of methoxy groups -OCH3 is 1. The molecule has 35 heavy (non-hydrogen) atoms. The number of amides is 2. The molecular formula is C28H26N4O3. The molecule has 2 N–H and O–H groups in total. The average Bonchev–Trinajstić information content (AvgIpc) is 3.31. The second kappa shape index (κ2) is 10.5. The molecular weight excluding hydrogens is 440 g/mol. The van der Waals surface area contributed by atoms with Crippen LogP contribution in [0.1, 0.15) is 21.5 Å². The highest BCUT2D eigenvalue weighted by Gasteiger charge is 2.17. The summed E-state index contributed by atoms with van der Waals surface area (Å²) in [7, 11) is 1.62. The predicted octanol–water partition coefficient (Wildman–Crippen LogP) is 4.91. The average molecular weight is 467 g/mol. The summed E-state index contributed by atoms with van der Waals surface area (Å²) in [6.07, 6.45) is 1.22. The number of hydrogen-bond donors (Lipinski definition) is 2. The van der Waals surface area contributed by atoms with Crippen LogP contribution in [0.4, 0.5) is 5.82 Å². The number of nitrogens with zero attached hydrogens (tertiary/aromatic N) is 2. The first-order valence-electron chi connectivity index (χ1n) is 11.1. The lowest BCUT2D eigenvalue weighted by Crippen LogP contribution is -2.20. The van der Waals surface area contributed by atoms with Gasteiger partial charge in [-0.25, -0.2) is 4.68 Å². The molecule has 176 valence electrons. The van der Waals surface area contributed by atoms with E-state index in [1.54, 1.807) is 36.1 Å². The van der Waals surface area contributed by atoms with Gasteiger partial charge in [0.2, 0.25) is 5.91 Å². The molecule has 1 aromatic heterocycles. The molecule has 0 aliphatic rings. The molecule has 0 radical (unpaired) electrons. The Bertz CT molecular complexity index is 1360. The predicted molar refractivity (Wildman–Crippen MR) is 137 cm³/mol. The van der Waals surface area contributed by atoms with Crippen molar-refractivity contribution >= 4 is 17.6 Å². The summed E-state index contributed by atoms with van der Waals surface area (Å²) in [4.78, 5) is 24.5. The number of aryl methyl sites for hydroxylation is 1. The van der Waals surface area contributed by atoms with Gasteiger partial charge < -0.3 is 15.4 Å². The molecule has 4 rings (SSSR count). The van der Waals surface area contributed by atoms with Crippen molar-refractivity contribution in [3.8, 4) is 22.7 Å². The number of aromatic nitrogens is 2. The van der Waals surface area contributed by atoms with Crippen LogP contribution in [0.3, 0.4) is 0 Å². The first-order chi connectivity index (χ1) is 17.0. The molecule has 0 saturated carbocycles. The Kier molecular flexibility index (Phi) is 7.07. The van der Waals surface area contributed by atoms with E-state index in [4.69, 9.17) is 9.84 Å². The molecule has 2 amide bonds. The number of rotatable bonds is 8. The van der Waals surface area contributed by atoms with Crippen molar-refractivity contribution in [2.75, 3.05) is 12.4 Å². The van der Waals surface area contributed by atoms with Gasteiger partial charge >= 0.3 is 0 Å². The lowest BCUT2D eigenvalue weighted by Gasteiger charge is -2.10. The van der Waals surface area contributed by atoms with Crippen LogP contribution < -0.4 is 15.4 Å². The van der Waals surface area contributed by atoms with Gasteiger partial charge in [0.1, 0.15) is 11.6 Å². The molecule has 1 heterocycles. The highest BCUT2D eigenvalue weighted by molar-refractivity contribution is 6.04. The Morgan fingerprint density at radius 2 is 1.74 bits per heavy atom. The second-order valence-electron chi connectivity index (χ2n) is 7.94. The van der Waals surface area contributed by atoms with Crippen LogP contribution in [0.2, 0.25) is 0 Å². The third-order valence-electron chi connectivity index (χ3n) is 5.48.